The van der Waals surface area contributed by atoms with Crippen LogP contribution in [-0.4, -0.2) is 34.7 Å². The van der Waals surface area contributed by atoms with E-state index in [9.17, 15) is 0 Å². The van der Waals surface area contributed by atoms with Crippen LogP contribution in [0.1, 0.15) is 18.2 Å². The van der Waals surface area contributed by atoms with Gasteiger partial charge in [-0.25, -0.2) is 4.98 Å². The fourth-order valence-electron chi connectivity index (χ4n) is 1.85. The van der Waals surface area contributed by atoms with Crippen molar-refractivity contribution in [1.82, 2.24) is 9.88 Å². The van der Waals surface area contributed by atoms with Gasteiger partial charge in [0.25, 0.3) is 0 Å². The molecular weight excluding hydrogens is 264 g/mol. The van der Waals surface area contributed by atoms with E-state index in [4.69, 9.17) is 5.11 Å². The minimum atomic E-state index is 0.218. The van der Waals surface area contributed by atoms with Gasteiger partial charge in [0.05, 0.1) is 6.61 Å². The predicted octanol–water partition coefficient (Wildman–Crippen LogP) is 3.08. The molecule has 0 fully saturated rings. The molecule has 0 radical (unpaired) electrons. The monoisotopic (exact) mass is 282 g/mol. The van der Waals surface area contributed by atoms with Gasteiger partial charge in [-0.2, -0.15) is 11.3 Å². The van der Waals surface area contributed by atoms with Crippen LogP contribution >= 0.6 is 22.7 Å². The minimum absolute atomic E-state index is 0.218. The van der Waals surface area contributed by atoms with Crippen LogP contribution < -0.4 is 0 Å². The summed E-state index contributed by atoms with van der Waals surface area (Å²) >= 11 is 3.44. The van der Waals surface area contributed by atoms with Gasteiger partial charge in [0.15, 0.2) is 0 Å². The summed E-state index contributed by atoms with van der Waals surface area (Å²) in [7, 11) is 0. The van der Waals surface area contributed by atoms with Gasteiger partial charge in [-0.1, -0.05) is 6.92 Å². The molecule has 98 valence electrons. The smallest absolute Gasteiger partial charge is 0.124 e. The topological polar surface area (TPSA) is 36.4 Å². The standard InChI is InChI=1S/C13H18N2OS2/c1-2-4-15(5-6-16)9-12-8-14-13(18-12)11-3-7-17-10-11/h3,7-8,10,16H,2,4-6,9H2,1H3. The molecule has 2 rings (SSSR count). The molecule has 0 bridgehead atoms. The SMILES string of the molecule is CCCN(CCO)Cc1cnc(-c2ccsc2)s1. The van der Waals surface area contributed by atoms with Crippen molar-refractivity contribution in [3.63, 3.8) is 0 Å². The summed E-state index contributed by atoms with van der Waals surface area (Å²) in [6.45, 7) is 5.02. The summed E-state index contributed by atoms with van der Waals surface area (Å²) in [5.74, 6) is 0. The molecular formula is C13H18N2OS2. The number of hydrogen-bond acceptors (Lipinski definition) is 5. The Balaban J connectivity index is 2.01. The average molecular weight is 282 g/mol. The molecule has 2 aromatic heterocycles. The maximum atomic E-state index is 9.04. The van der Waals surface area contributed by atoms with Crippen LogP contribution in [-0.2, 0) is 6.54 Å². The zero-order chi connectivity index (χ0) is 12.8. The first-order valence-corrected chi connectivity index (χ1v) is 7.90. The van der Waals surface area contributed by atoms with Crippen molar-refractivity contribution in [2.75, 3.05) is 19.7 Å². The summed E-state index contributed by atoms with van der Waals surface area (Å²) in [5.41, 5.74) is 1.21. The number of hydrogen-bond donors (Lipinski definition) is 1. The van der Waals surface area contributed by atoms with Crippen LogP contribution in [0.5, 0.6) is 0 Å². The van der Waals surface area contributed by atoms with Gasteiger partial charge in [0.2, 0.25) is 0 Å². The van der Waals surface area contributed by atoms with Crippen LogP contribution in [0.25, 0.3) is 10.6 Å². The first-order valence-electron chi connectivity index (χ1n) is 6.14. The average Bonchev–Trinajstić information content (AvgIpc) is 2.98. The van der Waals surface area contributed by atoms with Gasteiger partial charge >= 0.3 is 0 Å². The molecule has 0 aliphatic carbocycles. The maximum Gasteiger partial charge on any atom is 0.124 e. The van der Waals surface area contributed by atoms with E-state index >= 15 is 0 Å². The lowest BCUT2D eigenvalue weighted by Gasteiger charge is -2.19. The van der Waals surface area contributed by atoms with Crippen molar-refractivity contribution in [1.29, 1.82) is 0 Å². The molecule has 1 N–H and O–H groups in total. The summed E-state index contributed by atoms with van der Waals surface area (Å²) in [5, 5.41) is 14.3. The lowest BCUT2D eigenvalue weighted by molar-refractivity contribution is 0.191. The van der Waals surface area contributed by atoms with Crippen LogP contribution in [0.2, 0.25) is 0 Å². The van der Waals surface area contributed by atoms with E-state index in [1.165, 1.54) is 10.4 Å². The third-order valence-electron chi connectivity index (χ3n) is 2.66. The molecule has 0 amide bonds. The second kappa shape index (κ2) is 6.99. The third kappa shape index (κ3) is 3.62. The molecule has 0 spiro atoms. The van der Waals surface area contributed by atoms with Crippen molar-refractivity contribution in [3.05, 3.63) is 27.9 Å². The lowest BCUT2D eigenvalue weighted by atomic mass is 10.3. The summed E-state index contributed by atoms with van der Waals surface area (Å²) in [6.07, 6.45) is 3.06. The first kappa shape index (κ1) is 13.7. The second-order valence-electron chi connectivity index (χ2n) is 4.14. The molecule has 0 atom stereocenters. The largest absolute Gasteiger partial charge is 0.395 e. The van der Waals surface area contributed by atoms with E-state index < -0.39 is 0 Å². The van der Waals surface area contributed by atoms with Gasteiger partial charge in [-0.05, 0) is 24.4 Å². The summed E-state index contributed by atoms with van der Waals surface area (Å²) in [4.78, 5) is 8.00. The number of aliphatic hydroxyl groups excluding tert-OH is 1. The van der Waals surface area contributed by atoms with E-state index in [0.29, 0.717) is 0 Å². The fourth-order valence-corrected chi connectivity index (χ4v) is 3.51. The van der Waals surface area contributed by atoms with Gasteiger partial charge < -0.3 is 5.11 Å². The lowest BCUT2D eigenvalue weighted by Crippen LogP contribution is -2.26. The number of aliphatic hydroxyl groups is 1. The Labute approximate surface area is 116 Å². The number of aromatic nitrogens is 1. The summed E-state index contributed by atoms with van der Waals surface area (Å²) in [6, 6.07) is 2.10. The Hall–Kier alpha value is -0.750. The van der Waals surface area contributed by atoms with Gasteiger partial charge in [0.1, 0.15) is 5.01 Å². The molecule has 2 aromatic rings. The number of rotatable bonds is 7. The zero-order valence-corrected chi connectivity index (χ0v) is 12.1. The molecule has 0 saturated heterocycles. The minimum Gasteiger partial charge on any atom is -0.395 e. The maximum absolute atomic E-state index is 9.04. The Bertz CT molecular complexity index is 447. The number of thiazole rings is 1. The third-order valence-corrected chi connectivity index (χ3v) is 4.37. The quantitative estimate of drug-likeness (QED) is 0.848. The Kier molecular flexibility index (Phi) is 5.31. The predicted molar refractivity (Wildman–Crippen MR) is 78.1 cm³/mol. The highest BCUT2D eigenvalue weighted by Crippen LogP contribution is 2.27. The molecule has 3 nitrogen and oxygen atoms in total. The Morgan fingerprint density at radius 3 is 2.94 bits per heavy atom. The number of nitrogens with zero attached hydrogens (tertiary/aromatic N) is 2. The molecule has 18 heavy (non-hydrogen) atoms. The van der Waals surface area contributed by atoms with Crippen molar-refractivity contribution >= 4 is 22.7 Å². The van der Waals surface area contributed by atoms with E-state index in [1.807, 2.05) is 6.20 Å². The van der Waals surface area contributed by atoms with Gasteiger partial charge in [-0.15, -0.1) is 11.3 Å². The normalized spacial score (nSPS) is 11.3. The van der Waals surface area contributed by atoms with Crippen molar-refractivity contribution in [2.45, 2.75) is 19.9 Å². The van der Waals surface area contributed by atoms with Crippen LogP contribution in [0.4, 0.5) is 0 Å². The van der Waals surface area contributed by atoms with Crippen LogP contribution in [0, 0.1) is 0 Å². The van der Waals surface area contributed by atoms with E-state index in [0.717, 1.165) is 31.1 Å². The zero-order valence-electron chi connectivity index (χ0n) is 10.5. The second-order valence-corrected chi connectivity index (χ2v) is 6.04. The van der Waals surface area contributed by atoms with Crippen molar-refractivity contribution in [2.24, 2.45) is 0 Å². The highest BCUT2D eigenvalue weighted by molar-refractivity contribution is 7.15. The van der Waals surface area contributed by atoms with E-state index in [2.05, 4.69) is 33.6 Å². The molecule has 5 heteroatoms. The Morgan fingerprint density at radius 2 is 2.28 bits per heavy atom. The van der Waals surface area contributed by atoms with Gasteiger partial charge in [0, 0.05) is 35.1 Å². The molecule has 2 heterocycles. The molecule has 0 aliphatic rings. The highest BCUT2D eigenvalue weighted by Gasteiger charge is 2.09. The number of thiophene rings is 1. The molecule has 0 unspecified atom stereocenters. The van der Waals surface area contributed by atoms with Gasteiger partial charge in [-0.3, -0.25) is 4.90 Å². The molecule has 0 aromatic carbocycles. The van der Waals surface area contributed by atoms with Crippen LogP contribution in [0.15, 0.2) is 23.0 Å². The van der Waals surface area contributed by atoms with Crippen LogP contribution in [0.3, 0.4) is 0 Å². The fraction of sp³-hybridized carbons (Fsp3) is 0.462. The highest BCUT2D eigenvalue weighted by atomic mass is 32.1. The Morgan fingerprint density at radius 1 is 1.39 bits per heavy atom. The summed E-state index contributed by atoms with van der Waals surface area (Å²) < 4.78 is 0. The van der Waals surface area contributed by atoms with Crippen molar-refractivity contribution in [3.8, 4) is 10.6 Å². The first-order chi connectivity index (χ1) is 8.83. The van der Waals surface area contributed by atoms with E-state index in [1.54, 1.807) is 22.7 Å². The molecule has 0 saturated carbocycles. The molecule has 0 aliphatic heterocycles. The van der Waals surface area contributed by atoms with Crippen molar-refractivity contribution < 1.29 is 5.11 Å². The van der Waals surface area contributed by atoms with E-state index in [-0.39, 0.29) is 6.61 Å².